The molecule has 0 spiro atoms. The van der Waals surface area contributed by atoms with E-state index >= 15 is 0 Å². The largest absolute Gasteiger partial charge is 0.383 e. The Morgan fingerprint density at radius 3 is 2.44 bits per heavy atom. The lowest BCUT2D eigenvalue weighted by molar-refractivity contribution is 0.0588. The fraction of sp³-hybridized carbons (Fsp3) is 1.00. The van der Waals surface area contributed by atoms with Crippen LogP contribution in [0.1, 0.15) is 40.0 Å². The first kappa shape index (κ1) is 15.9. The van der Waals surface area contributed by atoms with Crippen molar-refractivity contribution in [1.82, 2.24) is 10.2 Å². The van der Waals surface area contributed by atoms with Gasteiger partial charge < -0.3 is 10.1 Å². The van der Waals surface area contributed by atoms with Crippen molar-refractivity contribution in [3.63, 3.8) is 0 Å². The van der Waals surface area contributed by atoms with E-state index in [0.29, 0.717) is 17.5 Å². The quantitative estimate of drug-likeness (QED) is 0.817. The fourth-order valence-corrected chi connectivity index (χ4v) is 3.16. The molecule has 3 unspecified atom stereocenters. The first-order valence-electron chi connectivity index (χ1n) is 7.26. The van der Waals surface area contributed by atoms with Crippen LogP contribution in [0.3, 0.4) is 0 Å². The molecule has 1 aliphatic rings. The van der Waals surface area contributed by atoms with Gasteiger partial charge in [-0.05, 0) is 44.7 Å². The highest BCUT2D eigenvalue weighted by molar-refractivity contribution is 4.92. The van der Waals surface area contributed by atoms with E-state index < -0.39 is 0 Å². The third-order valence-corrected chi connectivity index (χ3v) is 4.63. The van der Waals surface area contributed by atoms with Crippen molar-refractivity contribution in [2.24, 2.45) is 11.3 Å². The van der Waals surface area contributed by atoms with E-state index in [1.807, 2.05) is 0 Å². The summed E-state index contributed by atoms with van der Waals surface area (Å²) in [6.07, 6.45) is 3.94. The number of hydrogen-bond donors (Lipinski definition) is 1. The minimum Gasteiger partial charge on any atom is -0.383 e. The second kappa shape index (κ2) is 6.88. The zero-order valence-corrected chi connectivity index (χ0v) is 13.1. The summed E-state index contributed by atoms with van der Waals surface area (Å²) in [4.78, 5) is 2.47. The summed E-state index contributed by atoms with van der Waals surface area (Å²) in [7, 11) is 6.11. The van der Waals surface area contributed by atoms with Crippen LogP contribution in [-0.4, -0.2) is 51.3 Å². The molecular formula is C15H32N2O. The number of likely N-dealkylation sites (N-methyl/N-ethyl adjacent to an activating group) is 2. The molecule has 108 valence electrons. The number of nitrogens with one attached hydrogen (secondary N) is 1. The van der Waals surface area contributed by atoms with Crippen LogP contribution < -0.4 is 5.32 Å². The number of ether oxygens (including phenoxy) is 1. The Morgan fingerprint density at radius 1 is 1.28 bits per heavy atom. The van der Waals surface area contributed by atoms with Crippen LogP contribution in [0.2, 0.25) is 0 Å². The van der Waals surface area contributed by atoms with Gasteiger partial charge in [0.05, 0.1) is 6.61 Å². The van der Waals surface area contributed by atoms with E-state index in [9.17, 15) is 0 Å². The fourth-order valence-electron chi connectivity index (χ4n) is 3.16. The van der Waals surface area contributed by atoms with E-state index in [0.717, 1.165) is 19.1 Å². The lowest BCUT2D eigenvalue weighted by Gasteiger charge is -2.45. The maximum absolute atomic E-state index is 5.20. The molecule has 0 aromatic heterocycles. The smallest absolute Gasteiger partial charge is 0.0589 e. The van der Waals surface area contributed by atoms with E-state index in [-0.39, 0.29) is 0 Å². The van der Waals surface area contributed by atoms with Gasteiger partial charge in [0.25, 0.3) is 0 Å². The second-order valence-electron chi connectivity index (χ2n) is 6.81. The van der Waals surface area contributed by atoms with Crippen LogP contribution in [0.15, 0.2) is 0 Å². The van der Waals surface area contributed by atoms with E-state index in [1.165, 1.54) is 19.3 Å². The highest BCUT2D eigenvalue weighted by atomic mass is 16.5. The molecule has 3 atom stereocenters. The summed E-state index contributed by atoms with van der Waals surface area (Å²) >= 11 is 0. The van der Waals surface area contributed by atoms with Crippen LogP contribution in [0.4, 0.5) is 0 Å². The van der Waals surface area contributed by atoms with Crippen molar-refractivity contribution in [2.45, 2.75) is 52.1 Å². The zero-order valence-electron chi connectivity index (χ0n) is 13.1. The summed E-state index contributed by atoms with van der Waals surface area (Å²) < 4.78 is 5.20. The highest BCUT2D eigenvalue weighted by Gasteiger charge is 2.36. The van der Waals surface area contributed by atoms with Gasteiger partial charge in [-0.1, -0.05) is 20.8 Å². The summed E-state index contributed by atoms with van der Waals surface area (Å²) in [6, 6.07) is 1.27. The average Bonchev–Trinajstić information content (AvgIpc) is 2.34. The summed E-state index contributed by atoms with van der Waals surface area (Å²) in [5.74, 6) is 0.831. The maximum Gasteiger partial charge on any atom is 0.0589 e. The molecule has 3 heteroatoms. The molecule has 0 aliphatic heterocycles. The second-order valence-corrected chi connectivity index (χ2v) is 6.81. The molecule has 0 heterocycles. The number of rotatable bonds is 5. The van der Waals surface area contributed by atoms with Crippen molar-refractivity contribution in [1.29, 1.82) is 0 Å². The van der Waals surface area contributed by atoms with Crippen molar-refractivity contribution >= 4 is 0 Å². The Hall–Kier alpha value is -0.120. The van der Waals surface area contributed by atoms with Crippen molar-refractivity contribution < 1.29 is 4.74 Å². The minimum absolute atomic E-state index is 0.430. The molecule has 0 saturated heterocycles. The molecule has 0 aromatic carbocycles. The summed E-state index contributed by atoms with van der Waals surface area (Å²) in [5.41, 5.74) is 0.430. The summed E-state index contributed by atoms with van der Waals surface area (Å²) in [5, 5.41) is 3.50. The molecule has 0 radical (unpaired) electrons. The molecule has 1 fully saturated rings. The molecule has 1 aliphatic carbocycles. The predicted molar refractivity (Wildman–Crippen MR) is 77.9 cm³/mol. The third kappa shape index (κ3) is 4.22. The Morgan fingerprint density at radius 2 is 1.94 bits per heavy atom. The van der Waals surface area contributed by atoms with Gasteiger partial charge in [0.1, 0.15) is 0 Å². The maximum atomic E-state index is 5.20. The molecular weight excluding hydrogens is 224 g/mol. The van der Waals surface area contributed by atoms with Crippen molar-refractivity contribution in [2.75, 3.05) is 34.4 Å². The average molecular weight is 256 g/mol. The lowest BCUT2D eigenvalue weighted by Crippen LogP contribution is -2.53. The first-order chi connectivity index (χ1) is 8.40. The molecule has 0 aromatic rings. The van der Waals surface area contributed by atoms with Gasteiger partial charge in [0.15, 0.2) is 0 Å². The Kier molecular flexibility index (Phi) is 6.09. The van der Waals surface area contributed by atoms with E-state index in [2.05, 4.69) is 45.1 Å². The zero-order chi connectivity index (χ0) is 13.8. The molecule has 0 amide bonds. The summed E-state index contributed by atoms with van der Waals surface area (Å²) in [6.45, 7) is 8.98. The van der Waals surface area contributed by atoms with Crippen LogP contribution in [-0.2, 0) is 4.74 Å². The van der Waals surface area contributed by atoms with Gasteiger partial charge in [-0.2, -0.15) is 0 Å². The molecule has 18 heavy (non-hydrogen) atoms. The van der Waals surface area contributed by atoms with Crippen LogP contribution >= 0.6 is 0 Å². The topological polar surface area (TPSA) is 24.5 Å². The van der Waals surface area contributed by atoms with Gasteiger partial charge in [0.2, 0.25) is 0 Å². The monoisotopic (exact) mass is 256 g/mol. The van der Waals surface area contributed by atoms with Gasteiger partial charge >= 0.3 is 0 Å². The number of hydrogen-bond acceptors (Lipinski definition) is 3. The van der Waals surface area contributed by atoms with Crippen molar-refractivity contribution in [3.05, 3.63) is 0 Å². The normalized spacial score (nSPS) is 29.8. The Labute approximate surface area is 113 Å². The highest BCUT2D eigenvalue weighted by Crippen LogP contribution is 2.39. The Balaban J connectivity index is 2.64. The van der Waals surface area contributed by atoms with Crippen LogP contribution in [0.5, 0.6) is 0 Å². The molecule has 1 rings (SSSR count). The Bertz CT molecular complexity index is 237. The number of nitrogens with zero attached hydrogens (tertiary/aromatic N) is 1. The van der Waals surface area contributed by atoms with Crippen LogP contribution in [0.25, 0.3) is 0 Å². The van der Waals surface area contributed by atoms with E-state index in [4.69, 9.17) is 4.74 Å². The van der Waals surface area contributed by atoms with Gasteiger partial charge in [0, 0.05) is 25.7 Å². The van der Waals surface area contributed by atoms with Gasteiger partial charge in [-0.15, -0.1) is 0 Å². The SMILES string of the molecule is CNC1CCC(C(C)(C)C)CC1N(C)CCOC. The molecule has 3 nitrogen and oxygen atoms in total. The van der Waals surface area contributed by atoms with Gasteiger partial charge in [-0.3, -0.25) is 4.90 Å². The van der Waals surface area contributed by atoms with Gasteiger partial charge in [-0.25, -0.2) is 0 Å². The first-order valence-corrected chi connectivity index (χ1v) is 7.26. The van der Waals surface area contributed by atoms with Crippen LogP contribution in [0, 0.1) is 11.3 Å². The predicted octanol–water partition coefficient (Wildman–Crippen LogP) is 2.37. The standard InChI is InChI=1S/C15H32N2O/c1-15(2,3)12-7-8-13(16-4)14(11-12)17(5)9-10-18-6/h12-14,16H,7-11H2,1-6H3. The number of methoxy groups -OCH3 is 1. The molecule has 1 saturated carbocycles. The lowest BCUT2D eigenvalue weighted by atomic mass is 9.69. The molecule has 0 bridgehead atoms. The van der Waals surface area contributed by atoms with Crippen molar-refractivity contribution in [3.8, 4) is 0 Å². The van der Waals surface area contributed by atoms with E-state index in [1.54, 1.807) is 7.11 Å². The third-order valence-electron chi connectivity index (χ3n) is 4.63. The molecule has 1 N–H and O–H groups in total. The minimum atomic E-state index is 0.430.